The van der Waals surface area contributed by atoms with Gasteiger partial charge in [-0.1, -0.05) is 103 Å². The number of carbonyl (C=O) groups excluding carboxylic acids is 2. The van der Waals surface area contributed by atoms with Gasteiger partial charge in [-0.15, -0.1) is 0 Å². The zero-order valence-electron chi connectivity index (χ0n) is 26.2. The number of nitrogens with zero attached hydrogens (tertiary/aromatic N) is 3. The SMILES string of the molecule is COCCN1CCN(C(=O)C(Cc2ccccc2)NCc2ccc(C(=O)N(Cc3ccccc3)Cc3ccccc3)cc2)CC1. The van der Waals surface area contributed by atoms with Gasteiger partial charge in [0, 0.05) is 65.0 Å². The molecule has 0 aliphatic carbocycles. The summed E-state index contributed by atoms with van der Waals surface area (Å²) in [5.41, 5.74) is 4.98. The lowest BCUT2D eigenvalue weighted by Crippen LogP contribution is -2.54. The van der Waals surface area contributed by atoms with Gasteiger partial charge in [0.05, 0.1) is 12.6 Å². The van der Waals surface area contributed by atoms with Gasteiger partial charge in [0.1, 0.15) is 0 Å². The van der Waals surface area contributed by atoms with Crippen molar-refractivity contribution in [3.8, 4) is 0 Å². The first-order valence-electron chi connectivity index (χ1n) is 15.8. The van der Waals surface area contributed by atoms with Crippen LogP contribution in [0, 0.1) is 0 Å². The highest BCUT2D eigenvalue weighted by molar-refractivity contribution is 5.94. The van der Waals surface area contributed by atoms with Crippen molar-refractivity contribution in [3.05, 3.63) is 143 Å². The number of amides is 2. The number of ether oxygens (including phenoxy) is 1. The third-order valence-electron chi connectivity index (χ3n) is 8.35. The zero-order valence-corrected chi connectivity index (χ0v) is 26.2. The first-order chi connectivity index (χ1) is 22.1. The Bertz CT molecular complexity index is 1420. The largest absolute Gasteiger partial charge is 0.383 e. The van der Waals surface area contributed by atoms with Crippen LogP contribution < -0.4 is 5.32 Å². The van der Waals surface area contributed by atoms with Gasteiger partial charge in [-0.05, 0) is 40.8 Å². The predicted molar refractivity (Wildman–Crippen MR) is 179 cm³/mol. The summed E-state index contributed by atoms with van der Waals surface area (Å²) in [5.74, 6) is 0.124. The van der Waals surface area contributed by atoms with Crippen LogP contribution in [0.1, 0.15) is 32.6 Å². The van der Waals surface area contributed by atoms with Crippen LogP contribution in [-0.2, 0) is 35.6 Å². The standard InChI is InChI=1S/C38H44N4O3/c1-45-26-25-40-21-23-41(24-22-40)38(44)36(27-31-11-5-2-6-12-31)39-28-32-17-19-35(20-18-32)37(43)42(29-33-13-7-3-8-14-33)30-34-15-9-4-10-16-34/h2-20,36,39H,21-30H2,1H3. The molecular weight excluding hydrogens is 560 g/mol. The minimum absolute atomic E-state index is 0.0102. The number of hydrogen-bond acceptors (Lipinski definition) is 5. The van der Waals surface area contributed by atoms with Crippen molar-refractivity contribution in [1.29, 1.82) is 0 Å². The molecule has 0 radical (unpaired) electrons. The Morgan fingerprint density at radius 3 is 1.78 bits per heavy atom. The summed E-state index contributed by atoms with van der Waals surface area (Å²) < 4.78 is 5.22. The van der Waals surface area contributed by atoms with Crippen LogP contribution in [-0.4, -0.2) is 79.0 Å². The lowest BCUT2D eigenvalue weighted by Gasteiger charge is -2.36. The molecule has 2 amide bonds. The molecule has 7 heteroatoms. The second-order valence-corrected chi connectivity index (χ2v) is 11.6. The fourth-order valence-electron chi connectivity index (χ4n) is 5.73. The van der Waals surface area contributed by atoms with Crippen molar-refractivity contribution in [2.24, 2.45) is 0 Å². The summed E-state index contributed by atoms with van der Waals surface area (Å²) in [6, 6.07) is 37.8. The molecule has 1 saturated heterocycles. The maximum atomic E-state index is 13.7. The Hall–Kier alpha value is -4.30. The summed E-state index contributed by atoms with van der Waals surface area (Å²) in [6.45, 7) is 6.33. The van der Waals surface area contributed by atoms with Gasteiger partial charge in [0.25, 0.3) is 5.91 Å². The Labute approximate surface area is 267 Å². The molecule has 1 N–H and O–H groups in total. The molecule has 1 fully saturated rings. The lowest BCUT2D eigenvalue weighted by atomic mass is 10.0. The van der Waals surface area contributed by atoms with Crippen LogP contribution >= 0.6 is 0 Å². The number of hydrogen-bond donors (Lipinski definition) is 1. The maximum absolute atomic E-state index is 13.7. The van der Waals surface area contributed by atoms with Crippen LogP contribution in [0.15, 0.2) is 115 Å². The second kappa shape index (κ2) is 16.7. The Morgan fingerprint density at radius 2 is 1.24 bits per heavy atom. The molecule has 4 aromatic rings. The fourth-order valence-corrected chi connectivity index (χ4v) is 5.73. The van der Waals surface area contributed by atoms with E-state index in [1.165, 1.54) is 0 Å². The van der Waals surface area contributed by atoms with E-state index in [1.54, 1.807) is 7.11 Å². The summed E-state index contributed by atoms with van der Waals surface area (Å²) in [7, 11) is 1.72. The van der Waals surface area contributed by atoms with Gasteiger partial charge in [-0.2, -0.15) is 0 Å². The number of methoxy groups -OCH3 is 1. The Kier molecular flexibility index (Phi) is 11.9. The van der Waals surface area contributed by atoms with Gasteiger partial charge in [0.15, 0.2) is 0 Å². The molecule has 1 unspecified atom stereocenters. The molecule has 1 aliphatic heterocycles. The van der Waals surface area contributed by atoms with E-state index in [-0.39, 0.29) is 17.9 Å². The van der Waals surface area contributed by atoms with Gasteiger partial charge >= 0.3 is 0 Å². The molecule has 7 nitrogen and oxygen atoms in total. The normalized spacial score (nSPS) is 14.2. The molecule has 4 aromatic carbocycles. The van der Waals surface area contributed by atoms with E-state index in [1.807, 2.05) is 88.7 Å². The first kappa shape index (κ1) is 32.1. The van der Waals surface area contributed by atoms with E-state index in [9.17, 15) is 9.59 Å². The smallest absolute Gasteiger partial charge is 0.254 e. The zero-order chi connectivity index (χ0) is 31.3. The van der Waals surface area contributed by atoms with Crippen molar-refractivity contribution >= 4 is 11.8 Å². The number of rotatable bonds is 14. The minimum atomic E-state index is -0.341. The molecule has 0 spiro atoms. The van der Waals surface area contributed by atoms with Crippen molar-refractivity contribution in [2.45, 2.75) is 32.1 Å². The number of nitrogens with one attached hydrogen (secondary N) is 1. The molecule has 234 valence electrons. The van der Waals surface area contributed by atoms with Crippen molar-refractivity contribution in [3.63, 3.8) is 0 Å². The predicted octanol–water partition coefficient (Wildman–Crippen LogP) is 5.02. The van der Waals surface area contributed by atoms with Crippen molar-refractivity contribution in [1.82, 2.24) is 20.0 Å². The second-order valence-electron chi connectivity index (χ2n) is 11.6. The van der Waals surface area contributed by atoms with E-state index >= 15 is 0 Å². The van der Waals surface area contributed by atoms with E-state index in [0.717, 1.165) is 55.0 Å². The Balaban J connectivity index is 1.24. The molecule has 5 rings (SSSR count). The first-order valence-corrected chi connectivity index (χ1v) is 15.8. The average Bonchev–Trinajstić information content (AvgIpc) is 3.10. The van der Waals surface area contributed by atoms with Crippen molar-refractivity contribution < 1.29 is 14.3 Å². The summed E-state index contributed by atoms with van der Waals surface area (Å²) in [5, 5.41) is 3.54. The van der Waals surface area contributed by atoms with Crippen LogP contribution in [0.25, 0.3) is 0 Å². The molecule has 0 saturated carbocycles. The van der Waals surface area contributed by atoms with Gasteiger partial charge in [-0.3, -0.25) is 14.5 Å². The van der Waals surface area contributed by atoms with E-state index in [4.69, 9.17) is 4.74 Å². The topological polar surface area (TPSA) is 65.1 Å². The highest BCUT2D eigenvalue weighted by atomic mass is 16.5. The summed E-state index contributed by atoms with van der Waals surface area (Å²) >= 11 is 0. The molecule has 1 atom stereocenters. The molecular formula is C38H44N4O3. The molecule has 1 aliphatic rings. The van der Waals surface area contributed by atoms with E-state index < -0.39 is 0 Å². The monoisotopic (exact) mass is 604 g/mol. The lowest BCUT2D eigenvalue weighted by molar-refractivity contribution is -0.135. The molecule has 45 heavy (non-hydrogen) atoms. The molecule has 1 heterocycles. The highest BCUT2D eigenvalue weighted by Crippen LogP contribution is 2.16. The third kappa shape index (κ3) is 9.59. The molecule has 0 bridgehead atoms. The van der Waals surface area contributed by atoms with Crippen LogP contribution in [0.4, 0.5) is 0 Å². The average molecular weight is 605 g/mol. The summed E-state index contributed by atoms with van der Waals surface area (Å²) in [4.78, 5) is 33.7. The third-order valence-corrected chi connectivity index (χ3v) is 8.35. The Morgan fingerprint density at radius 1 is 0.711 bits per heavy atom. The fraction of sp³-hybridized carbons (Fsp3) is 0.316. The summed E-state index contributed by atoms with van der Waals surface area (Å²) in [6.07, 6.45) is 0.619. The van der Waals surface area contributed by atoms with Crippen molar-refractivity contribution in [2.75, 3.05) is 46.4 Å². The van der Waals surface area contributed by atoms with Gasteiger partial charge in [-0.25, -0.2) is 0 Å². The van der Waals surface area contributed by atoms with E-state index in [2.05, 4.69) is 46.6 Å². The number of carbonyl (C=O) groups is 2. The number of benzene rings is 4. The van der Waals surface area contributed by atoms with Gasteiger partial charge < -0.3 is 19.9 Å². The minimum Gasteiger partial charge on any atom is -0.383 e. The van der Waals surface area contributed by atoms with Crippen LogP contribution in [0.5, 0.6) is 0 Å². The van der Waals surface area contributed by atoms with E-state index in [0.29, 0.717) is 38.2 Å². The maximum Gasteiger partial charge on any atom is 0.254 e. The number of piperazine rings is 1. The van der Waals surface area contributed by atoms with Gasteiger partial charge in [0.2, 0.25) is 5.91 Å². The quantitative estimate of drug-likeness (QED) is 0.219. The van der Waals surface area contributed by atoms with Crippen LogP contribution in [0.2, 0.25) is 0 Å². The highest BCUT2D eigenvalue weighted by Gasteiger charge is 2.27. The van der Waals surface area contributed by atoms with Crippen LogP contribution in [0.3, 0.4) is 0 Å². The molecule has 0 aromatic heterocycles.